The fraction of sp³-hybridized carbons (Fsp3) is 0.294. The molecule has 0 radical (unpaired) electrons. The molecule has 2 heterocycles. The lowest BCUT2D eigenvalue weighted by Crippen LogP contribution is -2.40. The molecule has 1 unspecified atom stereocenters. The number of nitrogens with one attached hydrogen (secondary N) is 1. The molecular formula is C17H18N2O3. The second-order valence-corrected chi connectivity index (χ2v) is 5.16. The van der Waals surface area contributed by atoms with Gasteiger partial charge in [-0.2, -0.15) is 0 Å². The Morgan fingerprint density at radius 2 is 2.09 bits per heavy atom. The molecule has 0 fully saturated rings. The molecule has 1 aliphatic heterocycles. The first-order valence-corrected chi connectivity index (χ1v) is 7.35. The van der Waals surface area contributed by atoms with Crippen LogP contribution in [0.5, 0.6) is 11.5 Å². The third-order valence-electron chi connectivity index (χ3n) is 3.46. The SMILES string of the molecule is O=C(CCc1cccnc1)NCC1COc2ccccc2O1. The number of rotatable bonds is 5. The highest BCUT2D eigenvalue weighted by Gasteiger charge is 2.20. The minimum absolute atomic E-state index is 0.00584. The second-order valence-electron chi connectivity index (χ2n) is 5.16. The molecule has 5 heteroatoms. The van der Waals surface area contributed by atoms with Gasteiger partial charge >= 0.3 is 0 Å². The zero-order chi connectivity index (χ0) is 15.2. The molecule has 1 aliphatic rings. The van der Waals surface area contributed by atoms with Gasteiger partial charge in [-0.1, -0.05) is 18.2 Å². The largest absolute Gasteiger partial charge is 0.486 e. The predicted octanol–water partition coefficient (Wildman–Crippen LogP) is 1.97. The summed E-state index contributed by atoms with van der Waals surface area (Å²) in [5.74, 6) is 1.48. The summed E-state index contributed by atoms with van der Waals surface area (Å²) in [5.41, 5.74) is 1.06. The molecule has 0 saturated carbocycles. The molecular weight excluding hydrogens is 280 g/mol. The van der Waals surface area contributed by atoms with E-state index < -0.39 is 0 Å². The molecule has 0 bridgehead atoms. The molecule has 5 nitrogen and oxygen atoms in total. The number of pyridine rings is 1. The number of hydrogen-bond donors (Lipinski definition) is 1. The summed E-state index contributed by atoms with van der Waals surface area (Å²) in [6.07, 6.45) is 4.47. The van der Waals surface area contributed by atoms with Gasteiger partial charge in [-0.15, -0.1) is 0 Å². The number of hydrogen-bond acceptors (Lipinski definition) is 4. The maximum atomic E-state index is 11.9. The highest BCUT2D eigenvalue weighted by atomic mass is 16.6. The van der Waals surface area contributed by atoms with Crippen molar-refractivity contribution in [3.8, 4) is 11.5 Å². The summed E-state index contributed by atoms with van der Waals surface area (Å²) in [6.45, 7) is 0.889. The zero-order valence-corrected chi connectivity index (χ0v) is 12.2. The fourth-order valence-corrected chi connectivity index (χ4v) is 2.28. The quantitative estimate of drug-likeness (QED) is 0.917. The number of amides is 1. The second kappa shape index (κ2) is 6.93. The number of para-hydroxylation sites is 2. The number of carbonyl (C=O) groups excluding carboxylic acids is 1. The summed E-state index contributed by atoms with van der Waals surface area (Å²) in [6, 6.07) is 11.4. The molecule has 1 atom stereocenters. The number of fused-ring (bicyclic) bond motifs is 1. The molecule has 114 valence electrons. The van der Waals surface area contributed by atoms with Crippen LogP contribution in [0.1, 0.15) is 12.0 Å². The van der Waals surface area contributed by atoms with E-state index in [-0.39, 0.29) is 12.0 Å². The lowest BCUT2D eigenvalue weighted by atomic mass is 10.1. The van der Waals surface area contributed by atoms with E-state index in [1.165, 1.54) is 0 Å². The predicted molar refractivity (Wildman–Crippen MR) is 81.9 cm³/mol. The van der Waals surface area contributed by atoms with Crippen LogP contribution in [-0.2, 0) is 11.2 Å². The minimum Gasteiger partial charge on any atom is -0.486 e. The topological polar surface area (TPSA) is 60.5 Å². The van der Waals surface area contributed by atoms with E-state index in [4.69, 9.17) is 9.47 Å². The van der Waals surface area contributed by atoms with Crippen molar-refractivity contribution in [1.82, 2.24) is 10.3 Å². The van der Waals surface area contributed by atoms with Crippen LogP contribution in [0.15, 0.2) is 48.8 Å². The normalized spacial score (nSPS) is 16.1. The van der Waals surface area contributed by atoms with E-state index in [1.807, 2.05) is 36.4 Å². The van der Waals surface area contributed by atoms with E-state index in [1.54, 1.807) is 12.4 Å². The lowest BCUT2D eigenvalue weighted by molar-refractivity contribution is -0.121. The van der Waals surface area contributed by atoms with Crippen molar-refractivity contribution in [2.75, 3.05) is 13.2 Å². The van der Waals surface area contributed by atoms with Gasteiger partial charge in [0.1, 0.15) is 12.7 Å². The van der Waals surface area contributed by atoms with E-state index in [0.29, 0.717) is 26.0 Å². The zero-order valence-electron chi connectivity index (χ0n) is 12.2. The number of aromatic nitrogens is 1. The average molecular weight is 298 g/mol. The van der Waals surface area contributed by atoms with Crippen LogP contribution < -0.4 is 14.8 Å². The van der Waals surface area contributed by atoms with Gasteiger partial charge < -0.3 is 14.8 Å². The summed E-state index contributed by atoms with van der Waals surface area (Å²) in [5, 5.41) is 2.89. The molecule has 22 heavy (non-hydrogen) atoms. The first-order chi connectivity index (χ1) is 10.8. The summed E-state index contributed by atoms with van der Waals surface area (Å²) in [4.78, 5) is 15.9. The van der Waals surface area contributed by atoms with E-state index in [9.17, 15) is 4.79 Å². The van der Waals surface area contributed by atoms with Gasteiger partial charge in [-0.05, 0) is 30.2 Å². The van der Waals surface area contributed by atoms with Crippen LogP contribution in [0.3, 0.4) is 0 Å². The Bertz CT molecular complexity index is 631. The van der Waals surface area contributed by atoms with Crippen LogP contribution in [0.25, 0.3) is 0 Å². The number of aryl methyl sites for hydroxylation is 1. The minimum atomic E-state index is -0.155. The van der Waals surface area contributed by atoms with Crippen molar-refractivity contribution in [1.29, 1.82) is 0 Å². The number of benzene rings is 1. The van der Waals surface area contributed by atoms with Gasteiger partial charge in [-0.25, -0.2) is 0 Å². The van der Waals surface area contributed by atoms with Crippen molar-refractivity contribution in [2.45, 2.75) is 18.9 Å². The van der Waals surface area contributed by atoms with Crippen LogP contribution in [-0.4, -0.2) is 30.1 Å². The molecule has 1 amide bonds. The Balaban J connectivity index is 1.42. The third kappa shape index (κ3) is 3.75. The van der Waals surface area contributed by atoms with E-state index >= 15 is 0 Å². The number of nitrogens with zero attached hydrogens (tertiary/aromatic N) is 1. The summed E-state index contributed by atoms with van der Waals surface area (Å²) in [7, 11) is 0. The fourth-order valence-electron chi connectivity index (χ4n) is 2.28. The van der Waals surface area contributed by atoms with Gasteiger partial charge in [0.15, 0.2) is 11.5 Å². The number of carbonyl (C=O) groups is 1. The van der Waals surface area contributed by atoms with Crippen LogP contribution in [0, 0.1) is 0 Å². The maximum absolute atomic E-state index is 11.9. The van der Waals surface area contributed by atoms with Crippen molar-refractivity contribution in [3.05, 3.63) is 54.4 Å². The maximum Gasteiger partial charge on any atom is 0.220 e. The molecule has 3 rings (SSSR count). The molecule has 1 aromatic carbocycles. The lowest BCUT2D eigenvalue weighted by Gasteiger charge is -2.26. The molecule has 1 N–H and O–H groups in total. The van der Waals surface area contributed by atoms with E-state index in [2.05, 4.69) is 10.3 Å². The standard InChI is InChI=1S/C17H18N2O3/c20-17(8-7-13-4-3-9-18-10-13)19-11-14-12-21-15-5-1-2-6-16(15)22-14/h1-6,9-10,14H,7-8,11-12H2,(H,19,20). The highest BCUT2D eigenvalue weighted by Crippen LogP contribution is 2.30. The van der Waals surface area contributed by atoms with E-state index in [0.717, 1.165) is 17.1 Å². The van der Waals surface area contributed by atoms with Gasteiger partial charge in [0, 0.05) is 18.8 Å². The Kier molecular flexibility index (Phi) is 4.53. The molecule has 0 aliphatic carbocycles. The van der Waals surface area contributed by atoms with Crippen LogP contribution in [0.4, 0.5) is 0 Å². The molecule has 0 spiro atoms. The Labute approximate surface area is 129 Å². The number of ether oxygens (including phenoxy) is 2. The van der Waals surface area contributed by atoms with Crippen molar-refractivity contribution >= 4 is 5.91 Å². The van der Waals surface area contributed by atoms with Gasteiger partial charge in [0.05, 0.1) is 6.54 Å². The van der Waals surface area contributed by atoms with Gasteiger partial charge in [-0.3, -0.25) is 9.78 Å². The van der Waals surface area contributed by atoms with Gasteiger partial charge in [0.2, 0.25) is 5.91 Å². The van der Waals surface area contributed by atoms with Gasteiger partial charge in [0.25, 0.3) is 0 Å². The smallest absolute Gasteiger partial charge is 0.220 e. The van der Waals surface area contributed by atoms with Crippen LogP contribution in [0.2, 0.25) is 0 Å². The average Bonchev–Trinajstić information content (AvgIpc) is 2.59. The first-order valence-electron chi connectivity index (χ1n) is 7.35. The summed E-state index contributed by atoms with van der Waals surface area (Å²) < 4.78 is 11.4. The van der Waals surface area contributed by atoms with Crippen molar-refractivity contribution < 1.29 is 14.3 Å². The monoisotopic (exact) mass is 298 g/mol. The molecule has 1 aromatic heterocycles. The highest BCUT2D eigenvalue weighted by molar-refractivity contribution is 5.76. The van der Waals surface area contributed by atoms with Crippen molar-refractivity contribution in [3.63, 3.8) is 0 Å². The Morgan fingerprint density at radius 3 is 2.91 bits per heavy atom. The Morgan fingerprint density at radius 1 is 1.23 bits per heavy atom. The Hall–Kier alpha value is -2.56. The van der Waals surface area contributed by atoms with Crippen molar-refractivity contribution in [2.24, 2.45) is 0 Å². The molecule has 2 aromatic rings. The first kappa shape index (κ1) is 14.4. The third-order valence-corrected chi connectivity index (χ3v) is 3.46. The van der Waals surface area contributed by atoms with Crippen LogP contribution >= 0.6 is 0 Å². The summed E-state index contributed by atoms with van der Waals surface area (Å²) >= 11 is 0. The molecule has 0 saturated heterocycles.